The fourth-order valence-electron chi connectivity index (χ4n) is 4.36. The molecule has 198 valence electrons. The summed E-state index contributed by atoms with van der Waals surface area (Å²) in [5, 5.41) is 0. The van der Waals surface area contributed by atoms with Crippen LogP contribution in [-0.2, 0) is 19.1 Å². The molecular weight excluding hydrogens is 452 g/mol. The van der Waals surface area contributed by atoms with E-state index in [0.29, 0.717) is 0 Å². The van der Waals surface area contributed by atoms with E-state index >= 15 is 0 Å². The maximum atomic E-state index is 13.2. The molecule has 5 nitrogen and oxygen atoms in total. The smallest absolute Gasteiger partial charge is 0.310 e. The summed E-state index contributed by atoms with van der Waals surface area (Å²) in [6, 6.07) is 18.2. The highest BCUT2D eigenvalue weighted by Gasteiger charge is 2.34. The second-order valence-electron chi connectivity index (χ2n) is 10.8. The minimum atomic E-state index is -0.599. The predicted molar refractivity (Wildman–Crippen MR) is 145 cm³/mol. The van der Waals surface area contributed by atoms with Gasteiger partial charge in [0.2, 0.25) is 0 Å². The number of carbonyl (C=O) groups is 2. The highest BCUT2D eigenvalue weighted by atomic mass is 16.6. The molecule has 0 heterocycles. The standard InChI is InChI=1S/C31H44O5/c1-9-23(10-2)29(35-26-18-14-17-25(19-26)24-15-12-11-13-16-24)22(5)34-30(33)27(21(3)4)20-28(32)36-31(6,7)8/h11-19,21-23,27,29H,9-10,20H2,1-8H3/t22-,27-,29-/m0/s1. The fourth-order valence-corrected chi connectivity index (χ4v) is 4.36. The van der Waals surface area contributed by atoms with Gasteiger partial charge in [-0.25, -0.2) is 0 Å². The van der Waals surface area contributed by atoms with Crippen molar-refractivity contribution in [2.24, 2.45) is 17.8 Å². The van der Waals surface area contributed by atoms with Gasteiger partial charge in [-0.15, -0.1) is 0 Å². The van der Waals surface area contributed by atoms with Gasteiger partial charge in [0.15, 0.2) is 0 Å². The molecule has 0 aromatic heterocycles. The van der Waals surface area contributed by atoms with Crippen molar-refractivity contribution < 1.29 is 23.8 Å². The van der Waals surface area contributed by atoms with E-state index in [0.717, 1.165) is 29.7 Å². The van der Waals surface area contributed by atoms with Crippen LogP contribution in [0.1, 0.15) is 74.7 Å². The number of hydrogen-bond acceptors (Lipinski definition) is 5. The maximum Gasteiger partial charge on any atom is 0.310 e. The molecule has 0 bridgehead atoms. The molecule has 0 spiro atoms. The van der Waals surface area contributed by atoms with Crippen LogP contribution in [-0.4, -0.2) is 29.7 Å². The molecule has 0 aliphatic rings. The molecule has 0 aliphatic heterocycles. The third-order valence-corrected chi connectivity index (χ3v) is 6.41. The van der Waals surface area contributed by atoms with Crippen molar-refractivity contribution in [3.05, 3.63) is 54.6 Å². The van der Waals surface area contributed by atoms with Crippen LogP contribution < -0.4 is 4.74 Å². The lowest BCUT2D eigenvalue weighted by molar-refractivity contribution is -0.168. The first-order valence-electron chi connectivity index (χ1n) is 13.2. The Morgan fingerprint density at radius 3 is 2.03 bits per heavy atom. The lowest BCUT2D eigenvalue weighted by Crippen LogP contribution is -2.41. The average Bonchev–Trinajstić information content (AvgIpc) is 2.82. The van der Waals surface area contributed by atoms with Gasteiger partial charge in [-0.05, 0) is 75.6 Å². The van der Waals surface area contributed by atoms with E-state index in [4.69, 9.17) is 14.2 Å². The molecule has 0 fully saturated rings. The number of ether oxygens (including phenoxy) is 3. The Kier molecular flexibility index (Phi) is 11.0. The normalized spacial score (nSPS) is 14.3. The van der Waals surface area contributed by atoms with Crippen molar-refractivity contribution >= 4 is 11.9 Å². The van der Waals surface area contributed by atoms with Crippen molar-refractivity contribution in [2.45, 2.75) is 92.5 Å². The van der Waals surface area contributed by atoms with Gasteiger partial charge in [0.05, 0.1) is 12.3 Å². The number of rotatable bonds is 12. The molecule has 0 saturated carbocycles. The second kappa shape index (κ2) is 13.5. The lowest BCUT2D eigenvalue weighted by atomic mass is 9.91. The lowest BCUT2D eigenvalue weighted by Gasteiger charge is -2.32. The van der Waals surface area contributed by atoms with E-state index in [-0.39, 0.29) is 30.3 Å². The summed E-state index contributed by atoms with van der Waals surface area (Å²) in [6.45, 7) is 15.4. The number of hydrogen-bond donors (Lipinski definition) is 0. The summed E-state index contributed by atoms with van der Waals surface area (Å²) in [5.74, 6) is -0.475. The Hall–Kier alpha value is -2.82. The summed E-state index contributed by atoms with van der Waals surface area (Å²) in [5.41, 5.74) is 1.58. The van der Waals surface area contributed by atoms with Gasteiger partial charge in [0.1, 0.15) is 23.6 Å². The Morgan fingerprint density at radius 1 is 0.861 bits per heavy atom. The van der Waals surface area contributed by atoms with Crippen LogP contribution in [0.2, 0.25) is 0 Å². The van der Waals surface area contributed by atoms with E-state index in [1.807, 2.05) is 77.9 Å². The van der Waals surface area contributed by atoms with Crippen LogP contribution in [0.4, 0.5) is 0 Å². The quantitative estimate of drug-likeness (QED) is 0.285. The minimum Gasteiger partial charge on any atom is -0.486 e. The van der Waals surface area contributed by atoms with Crippen molar-refractivity contribution in [2.75, 3.05) is 0 Å². The van der Waals surface area contributed by atoms with Crippen LogP contribution >= 0.6 is 0 Å². The molecule has 2 aromatic carbocycles. The largest absolute Gasteiger partial charge is 0.486 e. The Morgan fingerprint density at radius 2 is 1.47 bits per heavy atom. The average molecular weight is 497 g/mol. The van der Waals surface area contributed by atoms with E-state index < -0.39 is 23.6 Å². The Labute approximate surface area is 217 Å². The predicted octanol–water partition coefficient (Wildman–Crippen LogP) is 7.47. The summed E-state index contributed by atoms with van der Waals surface area (Å²) < 4.78 is 17.9. The zero-order chi connectivity index (χ0) is 26.9. The van der Waals surface area contributed by atoms with Crippen molar-refractivity contribution in [3.63, 3.8) is 0 Å². The van der Waals surface area contributed by atoms with Crippen LogP contribution in [0, 0.1) is 17.8 Å². The molecule has 36 heavy (non-hydrogen) atoms. The molecule has 0 amide bonds. The van der Waals surface area contributed by atoms with E-state index in [9.17, 15) is 9.59 Å². The van der Waals surface area contributed by atoms with E-state index in [2.05, 4.69) is 32.0 Å². The first-order chi connectivity index (χ1) is 16.9. The van der Waals surface area contributed by atoms with Gasteiger partial charge >= 0.3 is 11.9 Å². The third kappa shape index (κ3) is 9.00. The minimum absolute atomic E-state index is 0.00385. The molecular formula is C31H44O5. The van der Waals surface area contributed by atoms with Crippen LogP contribution in [0.5, 0.6) is 5.75 Å². The maximum absolute atomic E-state index is 13.2. The Balaban J connectivity index is 2.20. The molecule has 3 atom stereocenters. The van der Waals surface area contributed by atoms with E-state index in [1.165, 1.54) is 0 Å². The number of esters is 2. The van der Waals surface area contributed by atoms with Gasteiger partial charge in [0.25, 0.3) is 0 Å². The zero-order valence-corrected chi connectivity index (χ0v) is 23.2. The molecule has 2 aromatic rings. The molecule has 0 unspecified atom stereocenters. The van der Waals surface area contributed by atoms with Crippen molar-refractivity contribution in [1.29, 1.82) is 0 Å². The summed E-state index contributed by atoms with van der Waals surface area (Å²) in [7, 11) is 0. The molecule has 0 radical (unpaired) electrons. The van der Waals surface area contributed by atoms with Crippen LogP contribution in [0.15, 0.2) is 54.6 Å². The van der Waals surface area contributed by atoms with Gasteiger partial charge in [0, 0.05) is 0 Å². The summed E-state index contributed by atoms with van der Waals surface area (Å²) in [6.07, 6.45) is 0.989. The second-order valence-corrected chi connectivity index (χ2v) is 10.8. The number of benzene rings is 2. The SMILES string of the molecule is CCC(CC)[C@@H](Oc1cccc(-c2ccccc2)c1)[C@H](C)OC(=O)[C@@H](CC(=O)OC(C)(C)C)C(C)C. The molecule has 5 heteroatoms. The molecule has 2 rings (SSSR count). The highest BCUT2D eigenvalue weighted by molar-refractivity contribution is 5.80. The van der Waals surface area contributed by atoms with Crippen molar-refractivity contribution in [1.82, 2.24) is 0 Å². The van der Waals surface area contributed by atoms with Gasteiger partial charge in [-0.3, -0.25) is 9.59 Å². The monoisotopic (exact) mass is 496 g/mol. The molecule has 0 saturated heterocycles. The number of carbonyl (C=O) groups excluding carboxylic acids is 2. The molecule has 0 N–H and O–H groups in total. The highest BCUT2D eigenvalue weighted by Crippen LogP contribution is 2.29. The first-order valence-corrected chi connectivity index (χ1v) is 13.2. The van der Waals surface area contributed by atoms with Crippen molar-refractivity contribution in [3.8, 4) is 16.9 Å². The summed E-state index contributed by atoms with van der Waals surface area (Å²) in [4.78, 5) is 25.6. The van der Waals surface area contributed by atoms with Crippen LogP contribution in [0.3, 0.4) is 0 Å². The summed E-state index contributed by atoms with van der Waals surface area (Å²) >= 11 is 0. The van der Waals surface area contributed by atoms with Gasteiger partial charge in [-0.1, -0.05) is 70.2 Å². The Bertz CT molecular complexity index is 956. The fraction of sp³-hybridized carbons (Fsp3) is 0.548. The molecule has 0 aliphatic carbocycles. The third-order valence-electron chi connectivity index (χ3n) is 6.41. The van der Waals surface area contributed by atoms with Crippen LogP contribution in [0.25, 0.3) is 11.1 Å². The van der Waals surface area contributed by atoms with Gasteiger partial charge in [-0.2, -0.15) is 0 Å². The first kappa shape index (κ1) is 29.4. The topological polar surface area (TPSA) is 61.8 Å². The zero-order valence-electron chi connectivity index (χ0n) is 23.2. The van der Waals surface area contributed by atoms with E-state index in [1.54, 1.807) is 0 Å². The van der Waals surface area contributed by atoms with Gasteiger partial charge < -0.3 is 14.2 Å².